The Labute approximate surface area is 110 Å². The lowest BCUT2D eigenvalue weighted by Gasteiger charge is -2.12. The number of nitrogens with one attached hydrogen (secondary N) is 1. The maximum Gasteiger partial charge on any atom is 0.325 e. The number of carboxylic acids is 1. The number of nitrogens with zero attached hydrogens (tertiary/aromatic N) is 3. The second kappa shape index (κ2) is 6.31. The number of rotatable bonds is 7. The molecular weight excluding hydrogens is 272 g/mol. The molecule has 0 saturated heterocycles. The van der Waals surface area contributed by atoms with Crippen LogP contribution in [0.2, 0.25) is 0 Å². The fraction of sp³-hybridized carbons (Fsp3) is 0.500. The summed E-state index contributed by atoms with van der Waals surface area (Å²) in [7, 11) is -3.79. The van der Waals surface area contributed by atoms with Gasteiger partial charge in [0.15, 0.2) is 0 Å². The monoisotopic (exact) mass is 286 g/mol. The number of aliphatic carboxylic acids is 1. The van der Waals surface area contributed by atoms with Gasteiger partial charge in [0, 0.05) is 12.2 Å². The first-order valence-electron chi connectivity index (χ1n) is 5.52. The molecule has 0 saturated carbocycles. The van der Waals surface area contributed by atoms with E-state index in [1.54, 1.807) is 6.92 Å². The summed E-state index contributed by atoms with van der Waals surface area (Å²) in [6.45, 7) is 1.35. The molecule has 1 aromatic heterocycles. The third-order valence-electron chi connectivity index (χ3n) is 2.37. The molecule has 0 radical (unpaired) electrons. The fourth-order valence-corrected chi connectivity index (χ4v) is 2.65. The van der Waals surface area contributed by atoms with Gasteiger partial charge in [0.2, 0.25) is 10.0 Å². The lowest BCUT2D eigenvalue weighted by Crippen LogP contribution is -2.33. The standard InChI is InChI=1S/C10H14N4O4S/c1-2-8(3-4-11)13-19(17,18)9-5-12-14(6-9)7-10(15)16/h5-6,8,13H,2-3,7H2,1H3,(H,15,16). The smallest absolute Gasteiger partial charge is 0.325 e. The van der Waals surface area contributed by atoms with Crippen molar-refractivity contribution in [3.8, 4) is 6.07 Å². The predicted molar refractivity (Wildman–Crippen MR) is 64.5 cm³/mol. The van der Waals surface area contributed by atoms with Crippen molar-refractivity contribution >= 4 is 16.0 Å². The van der Waals surface area contributed by atoms with E-state index < -0.39 is 28.6 Å². The molecule has 2 N–H and O–H groups in total. The highest BCUT2D eigenvalue weighted by Crippen LogP contribution is 2.09. The number of sulfonamides is 1. The minimum Gasteiger partial charge on any atom is -0.480 e. The second-order valence-electron chi connectivity index (χ2n) is 3.86. The molecule has 1 heterocycles. The van der Waals surface area contributed by atoms with Gasteiger partial charge in [-0.25, -0.2) is 13.1 Å². The highest BCUT2D eigenvalue weighted by Gasteiger charge is 2.20. The fourth-order valence-electron chi connectivity index (χ4n) is 1.38. The summed E-state index contributed by atoms with van der Waals surface area (Å²) in [6, 6.07) is 1.42. The molecular formula is C10H14N4O4S. The van der Waals surface area contributed by atoms with Gasteiger partial charge in [-0.3, -0.25) is 9.48 Å². The van der Waals surface area contributed by atoms with Crippen LogP contribution in [0.3, 0.4) is 0 Å². The Morgan fingerprint density at radius 1 is 1.68 bits per heavy atom. The molecule has 0 aliphatic heterocycles. The van der Waals surface area contributed by atoms with Crippen LogP contribution in [0.15, 0.2) is 17.3 Å². The van der Waals surface area contributed by atoms with E-state index >= 15 is 0 Å². The quantitative estimate of drug-likeness (QED) is 0.723. The molecule has 0 spiro atoms. The molecule has 104 valence electrons. The van der Waals surface area contributed by atoms with Crippen molar-refractivity contribution in [2.75, 3.05) is 0 Å². The van der Waals surface area contributed by atoms with Crippen molar-refractivity contribution in [3.05, 3.63) is 12.4 Å². The molecule has 0 aliphatic carbocycles. The largest absolute Gasteiger partial charge is 0.480 e. The Hall–Kier alpha value is -1.92. The average Bonchev–Trinajstić information content (AvgIpc) is 2.76. The first-order chi connectivity index (χ1) is 8.89. The Balaban J connectivity index is 2.85. The molecule has 9 heteroatoms. The van der Waals surface area contributed by atoms with Crippen molar-refractivity contribution in [2.24, 2.45) is 0 Å². The van der Waals surface area contributed by atoms with Crippen LogP contribution in [0.4, 0.5) is 0 Å². The van der Waals surface area contributed by atoms with Gasteiger partial charge in [0.25, 0.3) is 0 Å². The first-order valence-corrected chi connectivity index (χ1v) is 7.01. The third kappa shape index (κ3) is 4.35. The lowest BCUT2D eigenvalue weighted by atomic mass is 10.2. The number of aromatic nitrogens is 2. The minimum atomic E-state index is -3.79. The van der Waals surface area contributed by atoms with E-state index in [2.05, 4.69) is 9.82 Å². The highest BCUT2D eigenvalue weighted by atomic mass is 32.2. The van der Waals surface area contributed by atoms with E-state index in [0.717, 1.165) is 17.1 Å². The van der Waals surface area contributed by atoms with Gasteiger partial charge in [0.05, 0.1) is 18.7 Å². The summed E-state index contributed by atoms with van der Waals surface area (Å²) in [5.74, 6) is -1.11. The van der Waals surface area contributed by atoms with Crippen LogP contribution in [0, 0.1) is 11.3 Å². The van der Waals surface area contributed by atoms with Crippen LogP contribution in [-0.4, -0.2) is 35.3 Å². The van der Waals surface area contributed by atoms with Gasteiger partial charge < -0.3 is 5.11 Å². The number of carboxylic acid groups (broad SMARTS) is 1. The SMILES string of the molecule is CCC(CC#N)NS(=O)(=O)c1cnn(CC(=O)O)c1. The topological polar surface area (TPSA) is 125 Å². The van der Waals surface area contributed by atoms with E-state index in [1.807, 2.05) is 6.07 Å². The zero-order chi connectivity index (χ0) is 14.5. The molecule has 8 nitrogen and oxygen atoms in total. The van der Waals surface area contributed by atoms with Crippen molar-refractivity contribution in [2.45, 2.75) is 37.2 Å². The van der Waals surface area contributed by atoms with Crippen molar-refractivity contribution < 1.29 is 18.3 Å². The van der Waals surface area contributed by atoms with E-state index in [1.165, 1.54) is 0 Å². The Bertz CT molecular complexity index is 587. The second-order valence-corrected chi connectivity index (χ2v) is 5.57. The molecule has 0 fully saturated rings. The van der Waals surface area contributed by atoms with Crippen molar-refractivity contribution in [1.29, 1.82) is 5.26 Å². The van der Waals surface area contributed by atoms with E-state index in [0.29, 0.717) is 6.42 Å². The van der Waals surface area contributed by atoms with Gasteiger partial charge in [-0.05, 0) is 6.42 Å². The number of hydrogen-bond donors (Lipinski definition) is 2. The molecule has 0 amide bonds. The number of hydrogen-bond acceptors (Lipinski definition) is 5. The summed E-state index contributed by atoms with van der Waals surface area (Å²) in [5.41, 5.74) is 0. The van der Waals surface area contributed by atoms with E-state index in [4.69, 9.17) is 10.4 Å². The van der Waals surface area contributed by atoms with E-state index in [-0.39, 0.29) is 11.3 Å². The molecule has 1 atom stereocenters. The summed E-state index contributed by atoms with van der Waals surface area (Å²) < 4.78 is 27.3. The average molecular weight is 286 g/mol. The van der Waals surface area contributed by atoms with Crippen LogP contribution in [0.25, 0.3) is 0 Å². The van der Waals surface area contributed by atoms with Gasteiger partial charge >= 0.3 is 5.97 Å². The van der Waals surface area contributed by atoms with Gasteiger partial charge in [0.1, 0.15) is 11.4 Å². The molecule has 0 bridgehead atoms. The third-order valence-corrected chi connectivity index (χ3v) is 3.84. The van der Waals surface area contributed by atoms with Crippen LogP contribution in [0.1, 0.15) is 19.8 Å². The van der Waals surface area contributed by atoms with E-state index in [9.17, 15) is 13.2 Å². The van der Waals surface area contributed by atoms with Gasteiger partial charge in [-0.2, -0.15) is 10.4 Å². The maximum atomic E-state index is 12.0. The Morgan fingerprint density at radius 3 is 2.89 bits per heavy atom. The zero-order valence-corrected chi connectivity index (χ0v) is 11.1. The summed E-state index contributed by atoms with van der Waals surface area (Å²) in [6.07, 6.45) is 2.76. The van der Waals surface area contributed by atoms with Crippen molar-refractivity contribution in [1.82, 2.24) is 14.5 Å². The zero-order valence-electron chi connectivity index (χ0n) is 10.3. The highest BCUT2D eigenvalue weighted by molar-refractivity contribution is 7.89. The summed E-state index contributed by atoms with van der Waals surface area (Å²) in [5, 5.41) is 20.8. The molecule has 0 aromatic carbocycles. The van der Waals surface area contributed by atoms with Gasteiger partial charge in [-0.1, -0.05) is 6.92 Å². The first kappa shape index (κ1) is 15.1. The molecule has 0 aliphatic rings. The molecule has 1 aromatic rings. The Morgan fingerprint density at radius 2 is 2.37 bits per heavy atom. The van der Waals surface area contributed by atoms with Crippen LogP contribution in [-0.2, 0) is 21.4 Å². The molecule has 1 unspecified atom stereocenters. The summed E-state index contributed by atoms with van der Waals surface area (Å²) in [4.78, 5) is 10.4. The number of nitriles is 1. The molecule has 19 heavy (non-hydrogen) atoms. The minimum absolute atomic E-state index is 0.0684. The molecule has 1 rings (SSSR count). The predicted octanol–water partition coefficient (Wildman–Crippen LogP) is -0.0617. The lowest BCUT2D eigenvalue weighted by molar-refractivity contribution is -0.137. The van der Waals surface area contributed by atoms with Crippen LogP contribution in [0.5, 0.6) is 0 Å². The number of carbonyl (C=O) groups is 1. The normalized spacial score (nSPS) is 12.8. The van der Waals surface area contributed by atoms with Gasteiger partial charge in [-0.15, -0.1) is 0 Å². The van der Waals surface area contributed by atoms with Crippen LogP contribution < -0.4 is 4.72 Å². The maximum absolute atomic E-state index is 12.0. The van der Waals surface area contributed by atoms with Crippen molar-refractivity contribution in [3.63, 3.8) is 0 Å². The summed E-state index contributed by atoms with van der Waals surface area (Å²) >= 11 is 0. The van der Waals surface area contributed by atoms with Crippen LogP contribution >= 0.6 is 0 Å². The Kier molecular flexibility index (Phi) is 5.02.